The van der Waals surface area contributed by atoms with Gasteiger partial charge in [-0.1, -0.05) is 29.8 Å². The van der Waals surface area contributed by atoms with E-state index < -0.39 is 4.92 Å². The van der Waals surface area contributed by atoms with E-state index in [0.717, 1.165) is 5.56 Å². The van der Waals surface area contributed by atoms with Crippen molar-refractivity contribution in [3.63, 3.8) is 0 Å². The van der Waals surface area contributed by atoms with Gasteiger partial charge in [-0.15, -0.1) is 0 Å². The predicted molar refractivity (Wildman–Crippen MR) is 86.1 cm³/mol. The van der Waals surface area contributed by atoms with Crippen molar-refractivity contribution in [2.75, 3.05) is 11.9 Å². The highest BCUT2D eigenvalue weighted by atomic mass is 35.5. The lowest BCUT2D eigenvalue weighted by molar-refractivity contribution is -0.384. The molecule has 0 saturated heterocycles. The molecule has 0 aliphatic rings. The van der Waals surface area contributed by atoms with E-state index in [1.54, 1.807) is 6.07 Å². The molecule has 0 aliphatic heterocycles. The Morgan fingerprint density at radius 2 is 2.00 bits per heavy atom. The molecule has 5 nitrogen and oxygen atoms in total. The average molecular weight is 316 g/mol. The third kappa shape index (κ3) is 3.02. The van der Waals surface area contributed by atoms with E-state index in [1.807, 2.05) is 49.2 Å². The number of nitro benzene ring substituents is 1. The topological polar surface area (TPSA) is 70.2 Å². The minimum atomic E-state index is -0.512. The van der Waals surface area contributed by atoms with Gasteiger partial charge in [0, 0.05) is 24.2 Å². The number of benzene rings is 2. The minimum Gasteiger partial charge on any atom is -0.367 e. The highest BCUT2D eigenvalue weighted by Crippen LogP contribution is 2.32. The van der Waals surface area contributed by atoms with Crippen molar-refractivity contribution in [3.8, 4) is 6.07 Å². The van der Waals surface area contributed by atoms with Crippen LogP contribution in [0.4, 0.5) is 11.4 Å². The zero-order valence-electron chi connectivity index (χ0n) is 12.2. The van der Waals surface area contributed by atoms with Crippen LogP contribution >= 0.6 is 11.6 Å². The number of halogens is 1. The SMILES string of the molecule is C[C@@H](c1ccccc1Cl)N(C)c1ccc([N+](=O)[O-])cc1C#N. The normalized spacial score (nSPS) is 11.5. The van der Waals surface area contributed by atoms with E-state index >= 15 is 0 Å². The van der Waals surface area contributed by atoms with Crippen LogP contribution in [0.25, 0.3) is 0 Å². The fourth-order valence-corrected chi connectivity index (χ4v) is 2.56. The van der Waals surface area contributed by atoms with Gasteiger partial charge in [-0.2, -0.15) is 5.26 Å². The fourth-order valence-electron chi connectivity index (χ4n) is 2.27. The maximum atomic E-state index is 10.8. The molecule has 0 amide bonds. The molecule has 0 aromatic heterocycles. The first kappa shape index (κ1) is 15.8. The number of nitrogens with zero attached hydrogens (tertiary/aromatic N) is 3. The molecule has 0 radical (unpaired) electrons. The molecule has 0 saturated carbocycles. The second kappa shape index (κ2) is 6.46. The number of anilines is 1. The summed E-state index contributed by atoms with van der Waals surface area (Å²) < 4.78 is 0. The smallest absolute Gasteiger partial charge is 0.270 e. The Hall–Kier alpha value is -2.58. The van der Waals surface area contributed by atoms with Crippen molar-refractivity contribution < 1.29 is 4.92 Å². The lowest BCUT2D eigenvalue weighted by Crippen LogP contribution is -2.22. The number of nitriles is 1. The Balaban J connectivity index is 2.41. The molecule has 2 aromatic rings. The quantitative estimate of drug-likeness (QED) is 0.622. The van der Waals surface area contributed by atoms with E-state index in [0.29, 0.717) is 10.7 Å². The summed E-state index contributed by atoms with van der Waals surface area (Å²) in [6.45, 7) is 1.96. The van der Waals surface area contributed by atoms with Gasteiger partial charge < -0.3 is 4.90 Å². The molecule has 112 valence electrons. The minimum absolute atomic E-state index is 0.0812. The maximum Gasteiger partial charge on any atom is 0.270 e. The van der Waals surface area contributed by atoms with Gasteiger partial charge in [0.15, 0.2) is 0 Å². The summed E-state index contributed by atoms with van der Waals surface area (Å²) >= 11 is 6.21. The first-order chi connectivity index (χ1) is 10.5. The van der Waals surface area contributed by atoms with Crippen LogP contribution in [0.5, 0.6) is 0 Å². The van der Waals surface area contributed by atoms with Crippen LogP contribution in [-0.4, -0.2) is 12.0 Å². The van der Waals surface area contributed by atoms with Gasteiger partial charge in [0.25, 0.3) is 5.69 Å². The number of rotatable bonds is 4. The number of hydrogen-bond acceptors (Lipinski definition) is 4. The Kier molecular flexibility index (Phi) is 4.64. The van der Waals surface area contributed by atoms with E-state index in [-0.39, 0.29) is 17.3 Å². The third-order valence-corrected chi connectivity index (χ3v) is 3.97. The molecule has 0 aliphatic carbocycles. The first-order valence-corrected chi connectivity index (χ1v) is 6.99. The van der Waals surface area contributed by atoms with Gasteiger partial charge in [0.2, 0.25) is 0 Å². The van der Waals surface area contributed by atoms with Gasteiger partial charge in [-0.25, -0.2) is 0 Å². The first-order valence-electron chi connectivity index (χ1n) is 6.61. The van der Waals surface area contributed by atoms with E-state index in [2.05, 4.69) is 0 Å². The molecule has 0 spiro atoms. The second-order valence-electron chi connectivity index (χ2n) is 4.88. The van der Waals surface area contributed by atoms with E-state index in [4.69, 9.17) is 11.6 Å². The fraction of sp³-hybridized carbons (Fsp3) is 0.188. The molecule has 0 heterocycles. The largest absolute Gasteiger partial charge is 0.367 e. The van der Waals surface area contributed by atoms with Crippen molar-refractivity contribution >= 4 is 23.0 Å². The molecule has 6 heteroatoms. The number of nitro groups is 1. The number of hydrogen-bond donors (Lipinski definition) is 0. The van der Waals surface area contributed by atoms with Crippen LogP contribution in [0, 0.1) is 21.4 Å². The molecule has 22 heavy (non-hydrogen) atoms. The van der Waals surface area contributed by atoms with Crippen LogP contribution in [0.3, 0.4) is 0 Å². The maximum absolute atomic E-state index is 10.8. The van der Waals surface area contributed by atoms with Gasteiger partial charge in [-0.05, 0) is 24.6 Å². The summed E-state index contributed by atoms with van der Waals surface area (Å²) in [5, 5.41) is 20.7. The van der Waals surface area contributed by atoms with Crippen LogP contribution < -0.4 is 4.90 Å². The Morgan fingerprint density at radius 3 is 2.59 bits per heavy atom. The van der Waals surface area contributed by atoms with Crippen molar-refractivity contribution in [2.45, 2.75) is 13.0 Å². The lowest BCUT2D eigenvalue weighted by Gasteiger charge is -2.28. The Morgan fingerprint density at radius 1 is 1.32 bits per heavy atom. The van der Waals surface area contributed by atoms with Crippen LogP contribution in [0.2, 0.25) is 5.02 Å². The summed E-state index contributed by atoms with van der Waals surface area (Å²) in [5.41, 5.74) is 1.71. The molecule has 0 N–H and O–H groups in total. The van der Waals surface area contributed by atoms with E-state index in [1.165, 1.54) is 12.1 Å². The van der Waals surface area contributed by atoms with Gasteiger partial charge in [-0.3, -0.25) is 10.1 Å². The molecule has 0 fully saturated rings. The Bertz CT molecular complexity index is 755. The summed E-state index contributed by atoms with van der Waals surface area (Å²) in [7, 11) is 1.83. The average Bonchev–Trinajstić information content (AvgIpc) is 2.53. The van der Waals surface area contributed by atoms with Crippen LogP contribution in [-0.2, 0) is 0 Å². The predicted octanol–water partition coefficient (Wildman–Crippen LogP) is 4.32. The van der Waals surface area contributed by atoms with Gasteiger partial charge in [0.05, 0.1) is 22.2 Å². The highest BCUT2D eigenvalue weighted by molar-refractivity contribution is 6.31. The second-order valence-corrected chi connectivity index (χ2v) is 5.29. The molecule has 0 unspecified atom stereocenters. The van der Waals surface area contributed by atoms with Crippen molar-refractivity contribution in [3.05, 3.63) is 68.7 Å². The third-order valence-electron chi connectivity index (χ3n) is 3.63. The summed E-state index contributed by atoms with van der Waals surface area (Å²) in [5.74, 6) is 0. The highest BCUT2D eigenvalue weighted by Gasteiger charge is 2.19. The summed E-state index contributed by atoms with van der Waals surface area (Å²) in [6.07, 6.45) is 0. The lowest BCUT2D eigenvalue weighted by atomic mass is 10.0. The van der Waals surface area contributed by atoms with Gasteiger partial charge in [0.1, 0.15) is 6.07 Å². The van der Waals surface area contributed by atoms with Crippen molar-refractivity contribution in [2.24, 2.45) is 0 Å². The van der Waals surface area contributed by atoms with Gasteiger partial charge >= 0.3 is 0 Å². The number of non-ortho nitro benzene ring substituents is 1. The molecule has 1 atom stereocenters. The van der Waals surface area contributed by atoms with Crippen LogP contribution in [0.15, 0.2) is 42.5 Å². The summed E-state index contributed by atoms with van der Waals surface area (Å²) in [6, 6.07) is 13.7. The van der Waals surface area contributed by atoms with Crippen LogP contribution in [0.1, 0.15) is 24.1 Å². The summed E-state index contributed by atoms with van der Waals surface area (Å²) in [4.78, 5) is 12.2. The molecule has 2 rings (SSSR count). The van der Waals surface area contributed by atoms with Crippen molar-refractivity contribution in [1.29, 1.82) is 5.26 Å². The Labute approximate surface area is 133 Å². The molecular weight excluding hydrogens is 302 g/mol. The zero-order chi connectivity index (χ0) is 16.3. The van der Waals surface area contributed by atoms with Crippen molar-refractivity contribution in [1.82, 2.24) is 0 Å². The standard InChI is InChI=1S/C16H14ClN3O2/c1-11(14-5-3-4-6-15(14)17)19(2)16-8-7-13(20(21)22)9-12(16)10-18/h3-9,11H,1-2H3/t11-/m0/s1. The van der Waals surface area contributed by atoms with E-state index in [9.17, 15) is 15.4 Å². The molecule has 0 bridgehead atoms. The monoisotopic (exact) mass is 315 g/mol. The molecule has 2 aromatic carbocycles. The molecular formula is C16H14ClN3O2. The zero-order valence-corrected chi connectivity index (χ0v) is 12.9.